The minimum Gasteiger partial charge on any atom is -0.330 e. The van der Waals surface area contributed by atoms with Crippen LogP contribution in [0.2, 0.25) is 0 Å². The molecule has 0 saturated heterocycles. The number of benzene rings is 1. The normalized spacial score (nSPS) is 12.9. The van der Waals surface area contributed by atoms with Gasteiger partial charge >= 0.3 is 0 Å². The fourth-order valence-corrected chi connectivity index (χ4v) is 2.13. The zero-order valence-corrected chi connectivity index (χ0v) is 10.1. The van der Waals surface area contributed by atoms with Crippen LogP contribution in [0.3, 0.4) is 0 Å². The second-order valence-electron chi connectivity index (χ2n) is 3.90. The molecular formula is C12H13FN2S. The summed E-state index contributed by atoms with van der Waals surface area (Å²) in [5.41, 5.74) is 2.25. The van der Waals surface area contributed by atoms with Gasteiger partial charge in [0.2, 0.25) is 0 Å². The first-order valence-corrected chi connectivity index (χ1v) is 5.48. The third-order valence-corrected chi connectivity index (χ3v) is 3.04. The first-order valence-electron chi connectivity index (χ1n) is 5.07. The maximum absolute atomic E-state index is 13.4. The lowest BCUT2D eigenvalue weighted by atomic mass is 10.2. The van der Waals surface area contributed by atoms with Crippen LogP contribution in [0.15, 0.2) is 24.8 Å². The van der Waals surface area contributed by atoms with Crippen LogP contribution >= 0.6 is 12.2 Å². The zero-order chi connectivity index (χ0) is 11.9. The number of fused-ring (bicyclic) bond motifs is 1. The van der Waals surface area contributed by atoms with E-state index in [9.17, 15) is 4.39 Å². The maximum Gasteiger partial charge on any atom is 0.178 e. The van der Waals surface area contributed by atoms with E-state index in [1.54, 1.807) is 13.0 Å². The van der Waals surface area contributed by atoms with E-state index < -0.39 is 0 Å². The molecule has 0 bridgehead atoms. The van der Waals surface area contributed by atoms with E-state index in [1.165, 1.54) is 6.07 Å². The van der Waals surface area contributed by atoms with Crippen molar-refractivity contribution < 1.29 is 4.39 Å². The smallest absolute Gasteiger partial charge is 0.178 e. The Labute approximate surface area is 98.4 Å². The largest absolute Gasteiger partial charge is 0.330 e. The Kier molecular flexibility index (Phi) is 2.68. The van der Waals surface area contributed by atoms with Gasteiger partial charge in [0.1, 0.15) is 5.82 Å². The molecule has 2 nitrogen and oxygen atoms in total. The van der Waals surface area contributed by atoms with E-state index in [4.69, 9.17) is 12.2 Å². The van der Waals surface area contributed by atoms with Gasteiger partial charge in [0.15, 0.2) is 4.77 Å². The van der Waals surface area contributed by atoms with Crippen LogP contribution in [0, 0.1) is 17.5 Å². The molecule has 0 amide bonds. The second kappa shape index (κ2) is 3.87. The highest BCUT2D eigenvalue weighted by Crippen LogP contribution is 2.22. The van der Waals surface area contributed by atoms with Crippen molar-refractivity contribution in [2.24, 2.45) is 0 Å². The number of aromatic amines is 1. The summed E-state index contributed by atoms with van der Waals surface area (Å²) in [6.45, 7) is 7.49. The number of hydrogen-bond donors (Lipinski definition) is 1. The number of nitrogens with one attached hydrogen (secondary N) is 1. The van der Waals surface area contributed by atoms with Crippen molar-refractivity contribution in [1.82, 2.24) is 9.55 Å². The second-order valence-corrected chi connectivity index (χ2v) is 4.28. The molecule has 0 saturated carbocycles. The number of H-pyrrole nitrogens is 1. The fourth-order valence-electron chi connectivity index (χ4n) is 1.76. The van der Waals surface area contributed by atoms with E-state index in [0.29, 0.717) is 10.3 Å². The summed E-state index contributed by atoms with van der Waals surface area (Å²) in [5.74, 6) is -0.220. The number of aryl methyl sites for hydroxylation is 1. The monoisotopic (exact) mass is 236 g/mol. The van der Waals surface area contributed by atoms with Crippen molar-refractivity contribution in [2.75, 3.05) is 0 Å². The Morgan fingerprint density at radius 2 is 2.25 bits per heavy atom. The molecule has 0 aliphatic heterocycles. The molecule has 0 aliphatic rings. The number of imidazole rings is 1. The average Bonchev–Trinajstić information content (AvgIpc) is 2.54. The molecule has 0 fully saturated rings. The molecule has 2 aromatic rings. The van der Waals surface area contributed by atoms with Crippen LogP contribution in [-0.2, 0) is 0 Å². The van der Waals surface area contributed by atoms with E-state index in [-0.39, 0.29) is 11.9 Å². The highest BCUT2D eigenvalue weighted by atomic mass is 32.1. The van der Waals surface area contributed by atoms with Crippen LogP contribution < -0.4 is 0 Å². The topological polar surface area (TPSA) is 20.7 Å². The summed E-state index contributed by atoms with van der Waals surface area (Å²) in [6, 6.07) is 3.37. The number of rotatable bonds is 2. The molecule has 1 unspecified atom stereocenters. The van der Waals surface area contributed by atoms with Crippen molar-refractivity contribution in [3.8, 4) is 0 Å². The van der Waals surface area contributed by atoms with Gasteiger partial charge in [-0.05, 0) is 43.8 Å². The predicted octanol–water partition coefficient (Wildman–Crippen LogP) is 3.89. The lowest BCUT2D eigenvalue weighted by Gasteiger charge is -2.09. The van der Waals surface area contributed by atoms with E-state index in [0.717, 1.165) is 11.0 Å². The highest BCUT2D eigenvalue weighted by Gasteiger charge is 2.10. The summed E-state index contributed by atoms with van der Waals surface area (Å²) in [5, 5.41) is 0. The molecule has 0 aliphatic carbocycles. The summed E-state index contributed by atoms with van der Waals surface area (Å²) in [7, 11) is 0. The van der Waals surface area contributed by atoms with Crippen LogP contribution in [0.1, 0.15) is 18.5 Å². The molecule has 1 heterocycles. The summed E-state index contributed by atoms with van der Waals surface area (Å²) in [4.78, 5) is 3.00. The third kappa shape index (κ3) is 1.59. The van der Waals surface area contributed by atoms with Crippen molar-refractivity contribution in [3.05, 3.63) is 40.9 Å². The van der Waals surface area contributed by atoms with Crippen molar-refractivity contribution in [3.63, 3.8) is 0 Å². The third-order valence-electron chi connectivity index (χ3n) is 2.75. The van der Waals surface area contributed by atoms with Gasteiger partial charge in [0, 0.05) is 0 Å². The van der Waals surface area contributed by atoms with Gasteiger partial charge in [-0.3, -0.25) is 0 Å². The van der Waals surface area contributed by atoms with Crippen molar-refractivity contribution >= 4 is 23.3 Å². The SMILES string of the molecule is C=CC(C)n1c(=S)[nH]c2cc(F)c(C)cc21. The van der Waals surface area contributed by atoms with Crippen molar-refractivity contribution in [1.29, 1.82) is 0 Å². The van der Waals surface area contributed by atoms with Gasteiger partial charge in [-0.1, -0.05) is 6.08 Å². The van der Waals surface area contributed by atoms with Gasteiger partial charge in [-0.25, -0.2) is 4.39 Å². The standard InChI is InChI=1S/C12H13FN2S/c1-4-8(3)15-11-5-7(2)9(13)6-10(11)14-12(15)16/h4-6,8H,1H2,2-3H3,(H,14,16). The lowest BCUT2D eigenvalue weighted by Crippen LogP contribution is -2.01. The minimum absolute atomic E-state index is 0.0890. The van der Waals surface area contributed by atoms with Gasteiger partial charge in [0.05, 0.1) is 17.1 Å². The van der Waals surface area contributed by atoms with Crippen LogP contribution in [0.5, 0.6) is 0 Å². The van der Waals surface area contributed by atoms with E-state index >= 15 is 0 Å². The lowest BCUT2D eigenvalue weighted by molar-refractivity contribution is 0.619. The van der Waals surface area contributed by atoms with Crippen LogP contribution in [0.4, 0.5) is 4.39 Å². The molecule has 84 valence electrons. The van der Waals surface area contributed by atoms with Crippen LogP contribution in [0.25, 0.3) is 11.0 Å². The Balaban J connectivity index is 2.84. The number of aromatic nitrogens is 2. The molecule has 1 aromatic heterocycles. The van der Waals surface area contributed by atoms with Crippen molar-refractivity contribution in [2.45, 2.75) is 19.9 Å². The summed E-state index contributed by atoms with van der Waals surface area (Å²) in [6.07, 6.45) is 1.81. The maximum atomic E-state index is 13.4. The Hall–Kier alpha value is -1.42. The molecule has 4 heteroatoms. The van der Waals surface area contributed by atoms with Gasteiger partial charge < -0.3 is 9.55 Å². The van der Waals surface area contributed by atoms with Gasteiger partial charge in [0.25, 0.3) is 0 Å². The first-order chi connectivity index (χ1) is 7.54. The Morgan fingerprint density at radius 3 is 2.88 bits per heavy atom. The van der Waals surface area contributed by atoms with Gasteiger partial charge in [-0.2, -0.15) is 0 Å². The fraction of sp³-hybridized carbons (Fsp3) is 0.250. The summed E-state index contributed by atoms with van der Waals surface area (Å²) >= 11 is 5.22. The zero-order valence-electron chi connectivity index (χ0n) is 9.25. The average molecular weight is 236 g/mol. The molecular weight excluding hydrogens is 223 g/mol. The van der Waals surface area contributed by atoms with Gasteiger partial charge in [-0.15, -0.1) is 6.58 Å². The molecule has 2 rings (SSSR count). The molecule has 16 heavy (non-hydrogen) atoms. The predicted molar refractivity (Wildman–Crippen MR) is 66.7 cm³/mol. The highest BCUT2D eigenvalue weighted by molar-refractivity contribution is 7.71. The number of hydrogen-bond acceptors (Lipinski definition) is 1. The molecule has 1 aromatic carbocycles. The number of nitrogens with zero attached hydrogens (tertiary/aromatic N) is 1. The molecule has 0 spiro atoms. The molecule has 1 N–H and O–H groups in total. The Morgan fingerprint density at radius 1 is 1.56 bits per heavy atom. The van der Waals surface area contributed by atoms with E-state index in [2.05, 4.69) is 11.6 Å². The number of allylic oxidation sites excluding steroid dienone is 1. The van der Waals surface area contributed by atoms with E-state index in [1.807, 2.05) is 17.6 Å². The first kappa shape index (κ1) is 11.1. The molecule has 0 radical (unpaired) electrons. The minimum atomic E-state index is -0.220. The van der Waals surface area contributed by atoms with Crippen LogP contribution in [-0.4, -0.2) is 9.55 Å². The summed E-state index contributed by atoms with van der Waals surface area (Å²) < 4.78 is 15.9. The Bertz CT molecular complexity index is 609. The quantitative estimate of drug-likeness (QED) is 0.619. The molecule has 1 atom stereocenters. The number of halogens is 1.